The van der Waals surface area contributed by atoms with Crippen molar-refractivity contribution in [2.24, 2.45) is 5.92 Å². The van der Waals surface area contributed by atoms with E-state index in [9.17, 15) is 4.79 Å². The molecule has 1 amide bonds. The third-order valence-electron chi connectivity index (χ3n) is 5.00. The molecule has 0 saturated heterocycles. The van der Waals surface area contributed by atoms with Crippen molar-refractivity contribution in [1.82, 2.24) is 15.3 Å². The minimum atomic E-state index is -0.398. The molecule has 1 aromatic carbocycles. The number of amides is 1. The average molecular weight is 378 g/mol. The number of aromatic nitrogens is 2. The van der Waals surface area contributed by atoms with Gasteiger partial charge >= 0.3 is 0 Å². The zero-order chi connectivity index (χ0) is 19.6. The summed E-state index contributed by atoms with van der Waals surface area (Å²) < 4.78 is 0. The summed E-state index contributed by atoms with van der Waals surface area (Å²) in [6.07, 6.45) is 7.14. The lowest BCUT2D eigenvalue weighted by Crippen LogP contribution is -2.45. The summed E-state index contributed by atoms with van der Waals surface area (Å²) in [6, 6.07) is 13.4. The van der Waals surface area contributed by atoms with Crippen LogP contribution in [0.25, 0.3) is 0 Å². The number of hydrogen-bond donors (Lipinski definition) is 3. The van der Waals surface area contributed by atoms with E-state index < -0.39 is 6.04 Å². The van der Waals surface area contributed by atoms with Gasteiger partial charge in [0.2, 0.25) is 11.9 Å². The van der Waals surface area contributed by atoms with Crippen molar-refractivity contribution in [3.63, 3.8) is 0 Å². The molecule has 0 radical (unpaired) electrons. The molecule has 7 heteroatoms. The number of carbonyl (C=O) groups excluding carboxylic acids is 1. The number of nitrogens with zero attached hydrogens (tertiary/aromatic N) is 3. The lowest BCUT2D eigenvalue weighted by Gasteiger charge is -2.30. The van der Waals surface area contributed by atoms with Gasteiger partial charge in [-0.25, -0.2) is 4.98 Å². The van der Waals surface area contributed by atoms with Gasteiger partial charge in [-0.15, -0.1) is 0 Å². The summed E-state index contributed by atoms with van der Waals surface area (Å²) in [5, 5.41) is 18.0. The van der Waals surface area contributed by atoms with Crippen LogP contribution in [-0.4, -0.2) is 28.5 Å². The molecule has 28 heavy (non-hydrogen) atoms. The maximum Gasteiger partial charge on any atom is 0.243 e. The highest BCUT2D eigenvalue weighted by atomic mass is 16.2. The maximum absolute atomic E-state index is 12.6. The minimum Gasteiger partial charge on any atom is -0.358 e. The summed E-state index contributed by atoms with van der Waals surface area (Å²) >= 11 is 0. The topological polar surface area (TPSA) is 103 Å². The number of nitrogens with one attached hydrogen (secondary N) is 3. The Bertz CT molecular complexity index is 798. The number of anilines is 2. The van der Waals surface area contributed by atoms with E-state index in [-0.39, 0.29) is 18.4 Å². The van der Waals surface area contributed by atoms with Gasteiger partial charge in [-0.05, 0) is 30.4 Å². The van der Waals surface area contributed by atoms with Gasteiger partial charge in [0.25, 0.3) is 0 Å². The Morgan fingerprint density at radius 3 is 2.71 bits per heavy atom. The molecule has 0 unspecified atom stereocenters. The molecule has 1 aliphatic carbocycles. The molecular formula is C21H26N6O. The van der Waals surface area contributed by atoms with E-state index in [1.807, 2.05) is 36.4 Å². The normalized spacial score (nSPS) is 15.2. The molecule has 0 bridgehead atoms. The fourth-order valence-electron chi connectivity index (χ4n) is 3.56. The van der Waals surface area contributed by atoms with E-state index in [2.05, 4.69) is 25.9 Å². The fourth-order valence-corrected chi connectivity index (χ4v) is 3.56. The van der Waals surface area contributed by atoms with Crippen LogP contribution in [0.5, 0.6) is 0 Å². The van der Waals surface area contributed by atoms with Crippen molar-refractivity contribution >= 4 is 17.7 Å². The van der Waals surface area contributed by atoms with E-state index in [1.165, 1.54) is 6.42 Å². The quantitative estimate of drug-likeness (QED) is 0.610. The lowest BCUT2D eigenvalue weighted by atomic mass is 9.83. The Balaban J connectivity index is 1.67. The highest BCUT2D eigenvalue weighted by Crippen LogP contribution is 2.28. The smallest absolute Gasteiger partial charge is 0.243 e. The van der Waals surface area contributed by atoms with Crippen LogP contribution in [0.2, 0.25) is 0 Å². The molecule has 3 rings (SSSR count). The average Bonchev–Trinajstić information content (AvgIpc) is 2.76. The van der Waals surface area contributed by atoms with Gasteiger partial charge in [0.1, 0.15) is 18.4 Å². The summed E-state index contributed by atoms with van der Waals surface area (Å²) in [5.41, 5.74) is 1.14. The zero-order valence-electron chi connectivity index (χ0n) is 15.9. The molecule has 146 valence electrons. The largest absolute Gasteiger partial charge is 0.358 e. The van der Waals surface area contributed by atoms with E-state index in [0.29, 0.717) is 18.3 Å². The van der Waals surface area contributed by atoms with Crippen molar-refractivity contribution in [3.8, 4) is 6.07 Å². The van der Waals surface area contributed by atoms with Crippen LogP contribution in [0.1, 0.15) is 37.7 Å². The van der Waals surface area contributed by atoms with Crippen molar-refractivity contribution in [2.45, 2.75) is 44.7 Å². The van der Waals surface area contributed by atoms with Crippen molar-refractivity contribution in [2.75, 3.05) is 17.2 Å². The number of hydrogen-bond acceptors (Lipinski definition) is 6. The first-order chi connectivity index (χ1) is 13.8. The third-order valence-corrected chi connectivity index (χ3v) is 5.00. The van der Waals surface area contributed by atoms with Crippen LogP contribution < -0.4 is 16.0 Å². The Morgan fingerprint density at radius 1 is 1.18 bits per heavy atom. The molecular weight excluding hydrogens is 352 g/mol. The van der Waals surface area contributed by atoms with Crippen LogP contribution in [0, 0.1) is 17.2 Å². The Labute approximate surface area is 165 Å². The van der Waals surface area contributed by atoms with Crippen LogP contribution in [0.15, 0.2) is 42.6 Å². The van der Waals surface area contributed by atoms with Crippen LogP contribution >= 0.6 is 0 Å². The van der Waals surface area contributed by atoms with Crippen molar-refractivity contribution < 1.29 is 4.79 Å². The number of benzene rings is 1. The molecule has 1 heterocycles. The van der Waals surface area contributed by atoms with Crippen LogP contribution in [0.4, 0.5) is 11.8 Å². The zero-order valence-corrected chi connectivity index (χ0v) is 15.9. The van der Waals surface area contributed by atoms with Crippen LogP contribution in [0.3, 0.4) is 0 Å². The summed E-state index contributed by atoms with van der Waals surface area (Å²) in [4.78, 5) is 21.4. The molecule has 2 aromatic rings. The Hall–Kier alpha value is -3.14. The molecule has 3 N–H and O–H groups in total. The van der Waals surface area contributed by atoms with E-state index >= 15 is 0 Å². The van der Waals surface area contributed by atoms with Crippen molar-refractivity contribution in [1.29, 1.82) is 5.26 Å². The van der Waals surface area contributed by atoms with Gasteiger partial charge in [0.15, 0.2) is 0 Å². The van der Waals surface area contributed by atoms with Gasteiger partial charge in [-0.3, -0.25) is 4.79 Å². The van der Waals surface area contributed by atoms with Gasteiger partial charge in [0, 0.05) is 12.7 Å². The lowest BCUT2D eigenvalue weighted by molar-refractivity contribution is -0.122. The predicted octanol–water partition coefficient (Wildman–Crippen LogP) is 3.09. The highest BCUT2D eigenvalue weighted by molar-refractivity contribution is 5.85. The minimum absolute atomic E-state index is 0.0113. The molecule has 0 spiro atoms. The number of nitriles is 1. The van der Waals surface area contributed by atoms with E-state index in [1.54, 1.807) is 12.3 Å². The molecule has 1 fully saturated rings. The Morgan fingerprint density at radius 2 is 1.96 bits per heavy atom. The van der Waals surface area contributed by atoms with Gasteiger partial charge in [-0.1, -0.05) is 49.6 Å². The standard InChI is InChI=1S/C21H26N6O/c22-12-14-23-20(28)19(17-9-5-2-6-10-17)26-18-11-13-24-21(27-18)25-15-16-7-3-1-4-8-16/h1,3-4,7-8,11,13,17,19H,2,5-6,9-10,14-15H2,(H,23,28)(H2,24,25,26,27)/t19-/m0/s1. The predicted molar refractivity (Wildman–Crippen MR) is 108 cm³/mol. The maximum atomic E-state index is 12.6. The number of rotatable bonds is 8. The first-order valence-electron chi connectivity index (χ1n) is 9.78. The van der Waals surface area contributed by atoms with Crippen LogP contribution in [-0.2, 0) is 11.3 Å². The SMILES string of the molecule is N#CCNC(=O)[C@@H](Nc1ccnc(NCc2ccccc2)n1)C1CCCCC1. The molecule has 1 aromatic heterocycles. The second-order valence-corrected chi connectivity index (χ2v) is 7.00. The number of carbonyl (C=O) groups is 1. The molecule has 7 nitrogen and oxygen atoms in total. The van der Waals surface area contributed by atoms with Crippen molar-refractivity contribution in [3.05, 3.63) is 48.2 Å². The monoisotopic (exact) mass is 378 g/mol. The van der Waals surface area contributed by atoms with Gasteiger partial charge in [0.05, 0.1) is 6.07 Å². The van der Waals surface area contributed by atoms with Gasteiger partial charge in [-0.2, -0.15) is 10.2 Å². The fraction of sp³-hybridized carbons (Fsp3) is 0.429. The third kappa shape index (κ3) is 5.68. The molecule has 1 saturated carbocycles. The van der Waals surface area contributed by atoms with E-state index in [0.717, 1.165) is 31.2 Å². The summed E-state index contributed by atoms with van der Waals surface area (Å²) in [6.45, 7) is 0.635. The summed E-state index contributed by atoms with van der Waals surface area (Å²) in [5.74, 6) is 1.20. The first-order valence-corrected chi connectivity index (χ1v) is 9.78. The molecule has 0 aliphatic heterocycles. The second-order valence-electron chi connectivity index (χ2n) is 7.00. The highest BCUT2D eigenvalue weighted by Gasteiger charge is 2.29. The van der Waals surface area contributed by atoms with Gasteiger partial charge < -0.3 is 16.0 Å². The molecule has 1 aliphatic rings. The van der Waals surface area contributed by atoms with E-state index in [4.69, 9.17) is 5.26 Å². The Kier molecular flexibility index (Phi) is 7.19. The summed E-state index contributed by atoms with van der Waals surface area (Å²) in [7, 11) is 0. The first kappa shape index (κ1) is 19.6. The second kappa shape index (κ2) is 10.3. The molecule has 1 atom stereocenters.